The predicted octanol–water partition coefficient (Wildman–Crippen LogP) is 2.19. The summed E-state index contributed by atoms with van der Waals surface area (Å²) in [7, 11) is 1.34. The second-order valence-electron chi connectivity index (χ2n) is 4.39. The third kappa shape index (κ3) is 2.81. The van der Waals surface area contributed by atoms with Crippen molar-refractivity contribution in [1.82, 2.24) is 0 Å². The Labute approximate surface area is 112 Å². The summed E-state index contributed by atoms with van der Waals surface area (Å²) in [6, 6.07) is 3.44. The molecule has 3 N–H and O–H groups in total. The lowest BCUT2D eigenvalue weighted by atomic mass is 10.1. The van der Waals surface area contributed by atoms with Gasteiger partial charge in [0.15, 0.2) is 0 Å². The average Bonchev–Trinajstić information content (AvgIpc) is 2.44. The minimum Gasteiger partial charge on any atom is -0.489 e. The number of ether oxygens (including phenoxy) is 2. The lowest BCUT2D eigenvalue weighted by Crippen LogP contribution is -2.31. The van der Waals surface area contributed by atoms with Crippen LogP contribution < -0.4 is 15.8 Å². The summed E-state index contributed by atoms with van der Waals surface area (Å²) in [5.74, 6) is 0.172. The summed E-state index contributed by atoms with van der Waals surface area (Å²) in [5, 5.41) is 3.33. The van der Waals surface area contributed by atoms with Gasteiger partial charge in [-0.3, -0.25) is 0 Å². The Kier molecular flexibility index (Phi) is 3.94. The average molecular weight is 262 g/mol. The molecule has 0 radical (unpaired) electrons. The van der Waals surface area contributed by atoms with E-state index >= 15 is 0 Å². The molecule has 0 fully saturated rings. The van der Waals surface area contributed by atoms with Gasteiger partial charge in [0.05, 0.1) is 24.4 Å². The van der Waals surface area contributed by atoms with Crippen molar-refractivity contribution in [2.45, 2.75) is 19.4 Å². The molecule has 1 aromatic rings. The van der Waals surface area contributed by atoms with Gasteiger partial charge in [-0.1, -0.05) is 12.2 Å². The number of benzene rings is 1. The van der Waals surface area contributed by atoms with Crippen molar-refractivity contribution >= 4 is 17.3 Å². The number of fused-ring (bicyclic) bond motifs is 1. The molecule has 5 heteroatoms. The van der Waals surface area contributed by atoms with Gasteiger partial charge in [0.25, 0.3) is 0 Å². The smallest absolute Gasteiger partial charge is 0.338 e. The second kappa shape index (κ2) is 5.65. The van der Waals surface area contributed by atoms with E-state index in [1.165, 1.54) is 7.11 Å². The summed E-state index contributed by atoms with van der Waals surface area (Å²) < 4.78 is 10.3. The first-order valence-corrected chi connectivity index (χ1v) is 6.18. The predicted molar refractivity (Wildman–Crippen MR) is 74.5 cm³/mol. The molecule has 102 valence electrons. The lowest BCUT2D eigenvalue weighted by molar-refractivity contribution is 0.0600. The van der Waals surface area contributed by atoms with Crippen LogP contribution in [0, 0.1) is 0 Å². The van der Waals surface area contributed by atoms with Crippen LogP contribution in [0.5, 0.6) is 5.75 Å². The molecule has 0 aromatic heterocycles. The second-order valence-corrected chi connectivity index (χ2v) is 4.39. The van der Waals surface area contributed by atoms with Crippen LogP contribution in [0.25, 0.3) is 0 Å². The summed E-state index contributed by atoms with van der Waals surface area (Å²) >= 11 is 0. The number of hydrogen-bond acceptors (Lipinski definition) is 5. The summed E-state index contributed by atoms with van der Waals surface area (Å²) in [6.45, 7) is 2.52. The number of allylic oxidation sites excluding steroid dienone is 1. The first-order valence-electron chi connectivity index (χ1n) is 6.18. The van der Waals surface area contributed by atoms with Crippen LogP contribution in [0.4, 0.5) is 11.4 Å². The zero-order valence-corrected chi connectivity index (χ0v) is 11.1. The minimum absolute atomic E-state index is 0.190. The van der Waals surface area contributed by atoms with E-state index in [4.69, 9.17) is 10.5 Å². The molecular formula is C14H18N2O3. The minimum atomic E-state index is -0.422. The highest BCUT2D eigenvalue weighted by atomic mass is 16.5. The van der Waals surface area contributed by atoms with Crippen molar-refractivity contribution in [3.63, 3.8) is 0 Å². The van der Waals surface area contributed by atoms with Crippen LogP contribution in [0.15, 0.2) is 24.3 Å². The van der Waals surface area contributed by atoms with Gasteiger partial charge < -0.3 is 20.5 Å². The molecule has 0 saturated carbocycles. The number of nitrogen functional groups attached to an aromatic ring is 1. The van der Waals surface area contributed by atoms with Gasteiger partial charge in [-0.05, 0) is 25.5 Å². The molecule has 0 bridgehead atoms. The Bertz CT molecular complexity index is 512. The Hall–Kier alpha value is -2.17. The maximum atomic E-state index is 11.5. The Morgan fingerprint density at radius 1 is 1.63 bits per heavy atom. The highest BCUT2D eigenvalue weighted by molar-refractivity contribution is 5.93. The molecule has 0 saturated heterocycles. The van der Waals surface area contributed by atoms with Crippen LogP contribution in [-0.2, 0) is 4.74 Å². The summed E-state index contributed by atoms with van der Waals surface area (Å²) in [5.41, 5.74) is 7.59. The Balaban J connectivity index is 2.24. The highest BCUT2D eigenvalue weighted by Crippen LogP contribution is 2.36. The number of carbonyl (C=O) groups excluding carboxylic acids is 1. The van der Waals surface area contributed by atoms with E-state index in [-0.39, 0.29) is 6.04 Å². The highest BCUT2D eigenvalue weighted by Gasteiger charge is 2.22. The standard InChI is InChI=1S/C14H18N2O3/c1-3-4-5-10-8-19-12-7-9(14(17)18-2)6-11(15)13(12)16-10/h3-4,6-7,10,16H,5,8,15H2,1-2H3/b4-3+. The third-order valence-electron chi connectivity index (χ3n) is 3.00. The van der Waals surface area contributed by atoms with E-state index in [2.05, 4.69) is 16.1 Å². The first kappa shape index (κ1) is 13.3. The van der Waals surface area contributed by atoms with Crippen molar-refractivity contribution in [2.24, 2.45) is 0 Å². The van der Waals surface area contributed by atoms with Gasteiger partial charge in [0.1, 0.15) is 18.0 Å². The van der Waals surface area contributed by atoms with Crippen LogP contribution >= 0.6 is 0 Å². The van der Waals surface area contributed by atoms with E-state index in [0.29, 0.717) is 23.6 Å². The van der Waals surface area contributed by atoms with Crippen LogP contribution in [0.2, 0.25) is 0 Å². The van der Waals surface area contributed by atoms with E-state index < -0.39 is 5.97 Å². The number of esters is 1. The van der Waals surface area contributed by atoms with Crippen LogP contribution in [-0.4, -0.2) is 25.7 Å². The maximum Gasteiger partial charge on any atom is 0.338 e. The number of methoxy groups -OCH3 is 1. The SMILES string of the molecule is C/C=C/CC1COc2cc(C(=O)OC)cc(N)c2N1. The Morgan fingerprint density at radius 2 is 2.42 bits per heavy atom. The first-order chi connectivity index (χ1) is 9.15. The molecule has 5 nitrogen and oxygen atoms in total. The number of hydrogen-bond donors (Lipinski definition) is 2. The molecule has 0 amide bonds. The summed E-state index contributed by atoms with van der Waals surface area (Å²) in [4.78, 5) is 11.5. The molecular weight excluding hydrogens is 244 g/mol. The zero-order valence-electron chi connectivity index (χ0n) is 11.1. The van der Waals surface area contributed by atoms with Crippen LogP contribution in [0.3, 0.4) is 0 Å². The fraction of sp³-hybridized carbons (Fsp3) is 0.357. The number of anilines is 2. The molecule has 1 atom stereocenters. The van der Waals surface area contributed by atoms with E-state index in [9.17, 15) is 4.79 Å². The number of carbonyl (C=O) groups is 1. The number of rotatable bonds is 3. The molecule has 1 aliphatic rings. The van der Waals surface area contributed by atoms with Crippen molar-refractivity contribution in [2.75, 3.05) is 24.8 Å². The molecule has 1 heterocycles. The normalized spacial score (nSPS) is 17.5. The molecule has 2 rings (SSSR count). The molecule has 0 aliphatic carbocycles. The quantitative estimate of drug-likeness (QED) is 0.496. The fourth-order valence-electron chi connectivity index (χ4n) is 2.00. The molecule has 0 spiro atoms. The van der Waals surface area contributed by atoms with Crippen LogP contribution in [0.1, 0.15) is 23.7 Å². The largest absolute Gasteiger partial charge is 0.489 e. The maximum absolute atomic E-state index is 11.5. The Morgan fingerprint density at radius 3 is 3.11 bits per heavy atom. The van der Waals surface area contributed by atoms with Gasteiger partial charge in [-0.15, -0.1) is 0 Å². The van der Waals surface area contributed by atoms with E-state index in [1.54, 1.807) is 12.1 Å². The molecule has 1 aromatic carbocycles. The topological polar surface area (TPSA) is 73.6 Å². The summed E-state index contributed by atoms with van der Waals surface area (Å²) in [6.07, 6.45) is 4.94. The van der Waals surface area contributed by atoms with Gasteiger partial charge in [0.2, 0.25) is 0 Å². The lowest BCUT2D eigenvalue weighted by Gasteiger charge is -2.28. The van der Waals surface area contributed by atoms with Gasteiger partial charge >= 0.3 is 5.97 Å². The van der Waals surface area contributed by atoms with Gasteiger partial charge in [-0.2, -0.15) is 0 Å². The monoisotopic (exact) mass is 262 g/mol. The molecule has 19 heavy (non-hydrogen) atoms. The van der Waals surface area contributed by atoms with Crippen molar-refractivity contribution in [3.8, 4) is 5.75 Å². The fourth-order valence-corrected chi connectivity index (χ4v) is 2.00. The van der Waals surface area contributed by atoms with Crippen molar-refractivity contribution in [1.29, 1.82) is 0 Å². The number of nitrogens with two attached hydrogens (primary N) is 1. The van der Waals surface area contributed by atoms with Crippen molar-refractivity contribution < 1.29 is 14.3 Å². The van der Waals surface area contributed by atoms with E-state index in [0.717, 1.165) is 12.1 Å². The molecule has 1 unspecified atom stereocenters. The third-order valence-corrected chi connectivity index (χ3v) is 3.00. The zero-order chi connectivity index (χ0) is 13.8. The van der Waals surface area contributed by atoms with E-state index in [1.807, 2.05) is 13.0 Å². The van der Waals surface area contributed by atoms with Crippen molar-refractivity contribution in [3.05, 3.63) is 29.8 Å². The number of nitrogens with one attached hydrogen (secondary N) is 1. The van der Waals surface area contributed by atoms with Gasteiger partial charge in [-0.25, -0.2) is 4.79 Å². The molecule has 1 aliphatic heterocycles. The van der Waals surface area contributed by atoms with Gasteiger partial charge in [0, 0.05) is 0 Å².